The van der Waals surface area contributed by atoms with Gasteiger partial charge in [-0.3, -0.25) is 4.90 Å². The molecular weight excluding hydrogens is 236 g/mol. The van der Waals surface area contributed by atoms with E-state index in [2.05, 4.69) is 5.32 Å². The summed E-state index contributed by atoms with van der Waals surface area (Å²) >= 11 is 0. The van der Waals surface area contributed by atoms with E-state index >= 15 is 0 Å². The van der Waals surface area contributed by atoms with Crippen LogP contribution in [0.2, 0.25) is 0 Å². The molecule has 2 nitrogen and oxygen atoms in total. The highest BCUT2D eigenvalue weighted by atomic mass is 19.3. The molecule has 0 saturated carbocycles. The zero-order chi connectivity index (χ0) is 13.1. The van der Waals surface area contributed by atoms with Crippen molar-refractivity contribution < 1.29 is 17.6 Å². The third-order valence-electron chi connectivity index (χ3n) is 3.02. The van der Waals surface area contributed by atoms with E-state index in [0.717, 1.165) is 6.54 Å². The predicted octanol–water partition coefficient (Wildman–Crippen LogP) is 2.21. The maximum absolute atomic E-state index is 13.0. The molecule has 0 aromatic carbocycles. The van der Waals surface area contributed by atoms with Crippen LogP contribution >= 0.6 is 0 Å². The van der Waals surface area contributed by atoms with Gasteiger partial charge in [-0.1, -0.05) is 6.92 Å². The van der Waals surface area contributed by atoms with E-state index < -0.39 is 18.9 Å². The number of nitrogens with zero attached hydrogens (tertiary/aromatic N) is 1. The Morgan fingerprint density at radius 2 is 2.00 bits per heavy atom. The Kier molecular flexibility index (Phi) is 5.19. The Bertz CT molecular complexity index is 236. The van der Waals surface area contributed by atoms with Crippen molar-refractivity contribution in [2.24, 2.45) is 5.92 Å². The van der Waals surface area contributed by atoms with Gasteiger partial charge in [0.15, 0.2) is 0 Å². The molecule has 1 N–H and O–H groups in total. The Balaban J connectivity index is 2.55. The van der Waals surface area contributed by atoms with E-state index in [1.807, 2.05) is 13.8 Å². The average molecular weight is 256 g/mol. The third kappa shape index (κ3) is 4.79. The van der Waals surface area contributed by atoms with Gasteiger partial charge in [-0.05, 0) is 32.4 Å². The average Bonchev–Trinajstić information content (AvgIpc) is 2.20. The molecule has 1 heterocycles. The highest BCUT2D eigenvalue weighted by Gasteiger charge is 2.42. The van der Waals surface area contributed by atoms with Crippen molar-refractivity contribution in [2.45, 2.75) is 38.7 Å². The molecule has 17 heavy (non-hydrogen) atoms. The fraction of sp³-hybridized carbons (Fsp3) is 1.00. The molecule has 6 heteroatoms. The zero-order valence-corrected chi connectivity index (χ0v) is 10.2. The second kappa shape index (κ2) is 6.00. The van der Waals surface area contributed by atoms with Crippen LogP contribution in [0.25, 0.3) is 0 Å². The molecule has 102 valence electrons. The fourth-order valence-electron chi connectivity index (χ4n) is 1.99. The summed E-state index contributed by atoms with van der Waals surface area (Å²) in [5, 5.41) is 3.28. The lowest BCUT2D eigenvalue weighted by Crippen LogP contribution is -2.48. The van der Waals surface area contributed by atoms with Crippen LogP contribution in [0, 0.1) is 5.92 Å². The van der Waals surface area contributed by atoms with E-state index in [0.29, 0.717) is 19.5 Å². The molecule has 0 aliphatic carbocycles. The zero-order valence-electron chi connectivity index (χ0n) is 10.2. The number of rotatable bonds is 3. The van der Waals surface area contributed by atoms with Crippen LogP contribution < -0.4 is 5.32 Å². The summed E-state index contributed by atoms with van der Waals surface area (Å²) in [6.07, 6.45) is -2.88. The van der Waals surface area contributed by atoms with Crippen molar-refractivity contribution in [3.05, 3.63) is 0 Å². The minimum atomic E-state index is -3.91. The Hall–Kier alpha value is -0.360. The molecule has 1 saturated heterocycles. The minimum absolute atomic E-state index is 0.186. The largest absolute Gasteiger partial charge is 0.319 e. The molecule has 2 unspecified atom stereocenters. The number of halogens is 4. The van der Waals surface area contributed by atoms with E-state index in [-0.39, 0.29) is 12.0 Å². The van der Waals surface area contributed by atoms with Gasteiger partial charge in [0.2, 0.25) is 0 Å². The molecule has 0 radical (unpaired) electrons. The van der Waals surface area contributed by atoms with Crippen molar-refractivity contribution in [2.75, 3.05) is 26.2 Å². The summed E-state index contributed by atoms with van der Waals surface area (Å²) in [5.41, 5.74) is 0. The summed E-state index contributed by atoms with van der Waals surface area (Å²) < 4.78 is 50.2. The molecule has 0 aromatic heterocycles. The summed E-state index contributed by atoms with van der Waals surface area (Å²) in [6.45, 7) is 4.66. The molecule has 1 aliphatic rings. The first kappa shape index (κ1) is 14.7. The number of hydrogen-bond donors (Lipinski definition) is 1. The predicted molar refractivity (Wildman–Crippen MR) is 58.6 cm³/mol. The van der Waals surface area contributed by atoms with Crippen LogP contribution in [-0.4, -0.2) is 49.5 Å². The van der Waals surface area contributed by atoms with E-state index in [1.54, 1.807) is 0 Å². The lowest BCUT2D eigenvalue weighted by molar-refractivity contribution is -0.143. The van der Waals surface area contributed by atoms with Crippen LogP contribution in [-0.2, 0) is 0 Å². The molecule has 0 aromatic rings. The van der Waals surface area contributed by atoms with Crippen molar-refractivity contribution in [1.82, 2.24) is 10.2 Å². The lowest BCUT2D eigenvalue weighted by atomic mass is 10.1. The van der Waals surface area contributed by atoms with Gasteiger partial charge >= 0.3 is 12.3 Å². The number of hydrogen-bond acceptors (Lipinski definition) is 2. The Morgan fingerprint density at radius 1 is 1.35 bits per heavy atom. The summed E-state index contributed by atoms with van der Waals surface area (Å²) in [6, 6.07) is 0.237. The molecule has 1 fully saturated rings. The summed E-state index contributed by atoms with van der Waals surface area (Å²) in [5.74, 6) is -3.72. The standard InChI is InChI=1S/C11H20F4N2/c1-8-5-16-9(2)3-4-17(6-8)7-11(14,15)10(12)13/h8-10,16H,3-7H2,1-2H3. The maximum Gasteiger partial charge on any atom is 0.319 e. The normalized spacial score (nSPS) is 29.1. The third-order valence-corrected chi connectivity index (χ3v) is 3.02. The highest BCUT2D eigenvalue weighted by molar-refractivity contribution is 4.79. The summed E-state index contributed by atoms with van der Waals surface area (Å²) in [7, 11) is 0. The van der Waals surface area contributed by atoms with E-state index in [1.165, 1.54) is 4.90 Å². The van der Waals surface area contributed by atoms with Crippen molar-refractivity contribution in [3.63, 3.8) is 0 Å². The topological polar surface area (TPSA) is 15.3 Å². The van der Waals surface area contributed by atoms with Gasteiger partial charge in [-0.25, -0.2) is 8.78 Å². The van der Waals surface area contributed by atoms with E-state index in [9.17, 15) is 17.6 Å². The van der Waals surface area contributed by atoms with Crippen LogP contribution in [0.3, 0.4) is 0 Å². The lowest BCUT2D eigenvalue weighted by Gasteiger charge is -2.33. The van der Waals surface area contributed by atoms with Gasteiger partial charge in [0.1, 0.15) is 0 Å². The van der Waals surface area contributed by atoms with Gasteiger partial charge in [0, 0.05) is 12.6 Å². The Labute approximate surface area is 99.4 Å². The van der Waals surface area contributed by atoms with Crippen molar-refractivity contribution in [3.8, 4) is 0 Å². The fourth-order valence-corrected chi connectivity index (χ4v) is 1.99. The summed E-state index contributed by atoms with van der Waals surface area (Å²) in [4.78, 5) is 1.45. The van der Waals surface area contributed by atoms with Crippen molar-refractivity contribution in [1.29, 1.82) is 0 Å². The quantitative estimate of drug-likeness (QED) is 0.779. The first-order valence-corrected chi connectivity index (χ1v) is 5.93. The van der Waals surface area contributed by atoms with Gasteiger partial charge < -0.3 is 5.32 Å². The monoisotopic (exact) mass is 256 g/mol. The minimum Gasteiger partial charge on any atom is -0.314 e. The van der Waals surface area contributed by atoms with Gasteiger partial charge in [-0.2, -0.15) is 8.78 Å². The van der Waals surface area contributed by atoms with Crippen molar-refractivity contribution >= 4 is 0 Å². The first-order valence-electron chi connectivity index (χ1n) is 5.93. The van der Waals surface area contributed by atoms with Crippen LogP contribution in [0.4, 0.5) is 17.6 Å². The highest BCUT2D eigenvalue weighted by Crippen LogP contribution is 2.24. The second-order valence-electron chi connectivity index (χ2n) is 5.00. The van der Waals surface area contributed by atoms with E-state index in [4.69, 9.17) is 0 Å². The SMILES string of the molecule is CC1CNC(C)CCN(CC(F)(F)C(F)F)C1. The molecule has 1 aliphatic heterocycles. The van der Waals surface area contributed by atoms with Gasteiger partial charge in [-0.15, -0.1) is 0 Å². The second-order valence-corrected chi connectivity index (χ2v) is 5.00. The van der Waals surface area contributed by atoms with Gasteiger partial charge in [0.25, 0.3) is 0 Å². The number of nitrogens with one attached hydrogen (secondary N) is 1. The number of alkyl halides is 4. The first-order chi connectivity index (χ1) is 7.81. The molecule has 0 amide bonds. The van der Waals surface area contributed by atoms with Crippen LogP contribution in [0.1, 0.15) is 20.3 Å². The Morgan fingerprint density at radius 3 is 2.59 bits per heavy atom. The van der Waals surface area contributed by atoms with Crippen LogP contribution in [0.5, 0.6) is 0 Å². The van der Waals surface area contributed by atoms with Crippen LogP contribution in [0.15, 0.2) is 0 Å². The molecule has 2 atom stereocenters. The molecule has 0 bridgehead atoms. The van der Waals surface area contributed by atoms with Gasteiger partial charge in [0.05, 0.1) is 6.54 Å². The maximum atomic E-state index is 13.0. The molecular formula is C11H20F4N2. The molecule has 1 rings (SSSR count). The molecule has 0 spiro atoms. The smallest absolute Gasteiger partial charge is 0.314 e.